The van der Waals surface area contributed by atoms with Crippen LogP contribution in [0.2, 0.25) is 0 Å². The van der Waals surface area contributed by atoms with Crippen LogP contribution in [0.4, 0.5) is 32.0 Å². The number of benzene rings is 1. The molecule has 0 bridgehead atoms. The Labute approximate surface area is 144 Å². The molecule has 0 radical (unpaired) electrons. The second-order valence-corrected chi connectivity index (χ2v) is 5.04. The molecule has 0 aromatic heterocycles. The second kappa shape index (κ2) is 8.07. The lowest BCUT2D eigenvalue weighted by atomic mass is 10.1. The van der Waals surface area contributed by atoms with Crippen molar-refractivity contribution in [3.8, 4) is 0 Å². The van der Waals surface area contributed by atoms with Crippen molar-refractivity contribution < 1.29 is 35.9 Å². The summed E-state index contributed by atoms with van der Waals surface area (Å²) in [5.74, 6) is -2.54. The molecule has 0 unspecified atom stereocenters. The van der Waals surface area contributed by atoms with Crippen molar-refractivity contribution in [2.75, 3.05) is 18.4 Å². The summed E-state index contributed by atoms with van der Waals surface area (Å²) >= 11 is 0. The van der Waals surface area contributed by atoms with E-state index in [9.17, 15) is 35.9 Å². The molecule has 0 aliphatic carbocycles. The fourth-order valence-electron chi connectivity index (χ4n) is 1.91. The average molecular weight is 380 g/mol. The third kappa shape index (κ3) is 5.64. The van der Waals surface area contributed by atoms with Crippen LogP contribution in [0, 0.1) is 0 Å². The summed E-state index contributed by atoms with van der Waals surface area (Å²) in [6, 6.07) is 0.538. The minimum atomic E-state index is -5.07. The molecule has 4 nitrogen and oxygen atoms in total. The highest BCUT2D eigenvalue weighted by Crippen LogP contribution is 2.37. The first-order chi connectivity index (χ1) is 11.9. The number of hydrogen-bond donors (Lipinski definition) is 1. The summed E-state index contributed by atoms with van der Waals surface area (Å²) in [5, 5.41) is 1.77. The van der Waals surface area contributed by atoms with E-state index in [2.05, 4.69) is 13.2 Å². The third-order valence-electron chi connectivity index (χ3n) is 3.03. The van der Waals surface area contributed by atoms with E-state index >= 15 is 0 Å². The largest absolute Gasteiger partial charge is 0.416 e. The number of alkyl halides is 6. The first-order valence-electron chi connectivity index (χ1n) is 7.01. The van der Waals surface area contributed by atoms with Gasteiger partial charge >= 0.3 is 24.2 Å². The molecule has 0 aliphatic heterocycles. The molecule has 1 N–H and O–H groups in total. The molecule has 0 fully saturated rings. The van der Waals surface area contributed by atoms with Gasteiger partial charge in [0.25, 0.3) is 0 Å². The van der Waals surface area contributed by atoms with Crippen molar-refractivity contribution in [1.82, 2.24) is 4.90 Å². The Morgan fingerprint density at radius 2 is 1.35 bits per heavy atom. The zero-order valence-corrected chi connectivity index (χ0v) is 13.2. The molecular formula is C16H14F6N2O2. The van der Waals surface area contributed by atoms with Gasteiger partial charge in [0.1, 0.15) is 0 Å². The quantitative estimate of drug-likeness (QED) is 0.479. The standard InChI is InChI=1S/C16H14F6N2O2/c1-3-5-24(6-4-2)14(26)13(25)23-12-8-10(15(17,18)19)7-11(9-12)16(20,21)22/h3-4,7-9H,1-2,5-6H2,(H,23,25). The van der Waals surface area contributed by atoms with Crippen LogP contribution in [0.5, 0.6) is 0 Å². The lowest BCUT2D eigenvalue weighted by molar-refractivity contribution is -0.143. The molecule has 0 aliphatic rings. The van der Waals surface area contributed by atoms with Crippen molar-refractivity contribution in [3.05, 3.63) is 54.6 Å². The topological polar surface area (TPSA) is 49.4 Å². The van der Waals surface area contributed by atoms with Crippen LogP contribution in [-0.2, 0) is 21.9 Å². The lowest BCUT2D eigenvalue weighted by Crippen LogP contribution is -2.40. The summed E-state index contributed by atoms with van der Waals surface area (Å²) in [4.78, 5) is 24.8. The first kappa shape index (κ1) is 21.3. The first-order valence-corrected chi connectivity index (χ1v) is 7.01. The zero-order valence-electron chi connectivity index (χ0n) is 13.2. The van der Waals surface area contributed by atoms with E-state index in [0.29, 0.717) is 12.1 Å². The Morgan fingerprint density at radius 3 is 1.69 bits per heavy atom. The van der Waals surface area contributed by atoms with Gasteiger partial charge in [-0.2, -0.15) is 26.3 Å². The van der Waals surface area contributed by atoms with Crippen molar-refractivity contribution in [2.45, 2.75) is 12.4 Å². The van der Waals surface area contributed by atoms with E-state index in [4.69, 9.17) is 0 Å². The van der Waals surface area contributed by atoms with Gasteiger partial charge in [0.15, 0.2) is 0 Å². The zero-order chi connectivity index (χ0) is 20.1. The highest BCUT2D eigenvalue weighted by molar-refractivity contribution is 6.39. The van der Waals surface area contributed by atoms with Gasteiger partial charge in [0.2, 0.25) is 0 Å². The van der Waals surface area contributed by atoms with E-state index in [1.165, 1.54) is 12.2 Å². The number of nitrogens with one attached hydrogen (secondary N) is 1. The van der Waals surface area contributed by atoms with Gasteiger partial charge in [-0.1, -0.05) is 12.2 Å². The van der Waals surface area contributed by atoms with Crippen molar-refractivity contribution >= 4 is 17.5 Å². The highest BCUT2D eigenvalue weighted by atomic mass is 19.4. The number of rotatable bonds is 5. The van der Waals surface area contributed by atoms with Gasteiger partial charge in [-0.25, -0.2) is 0 Å². The van der Waals surface area contributed by atoms with Crippen LogP contribution in [-0.4, -0.2) is 29.8 Å². The molecule has 1 rings (SSSR count). The Hall–Kier alpha value is -2.78. The van der Waals surface area contributed by atoms with Crippen LogP contribution in [0.15, 0.2) is 43.5 Å². The summed E-state index contributed by atoms with van der Waals surface area (Å²) in [6.45, 7) is 6.63. The number of hydrogen-bond acceptors (Lipinski definition) is 2. The van der Waals surface area contributed by atoms with Crippen LogP contribution >= 0.6 is 0 Å². The van der Waals surface area contributed by atoms with Gasteiger partial charge in [0.05, 0.1) is 11.1 Å². The van der Waals surface area contributed by atoms with Gasteiger partial charge in [-0.3, -0.25) is 9.59 Å². The highest BCUT2D eigenvalue weighted by Gasteiger charge is 2.37. The maximum atomic E-state index is 12.8. The fraction of sp³-hybridized carbons (Fsp3) is 0.250. The fourth-order valence-corrected chi connectivity index (χ4v) is 1.91. The average Bonchev–Trinajstić information content (AvgIpc) is 2.52. The molecule has 0 atom stereocenters. The molecule has 26 heavy (non-hydrogen) atoms. The summed E-state index contributed by atoms with van der Waals surface area (Å²) in [5.41, 5.74) is -4.02. The number of halogens is 6. The number of carbonyl (C=O) groups is 2. The normalized spacial score (nSPS) is 11.6. The Bertz CT molecular complexity index is 667. The van der Waals surface area contributed by atoms with Crippen molar-refractivity contribution in [1.29, 1.82) is 0 Å². The molecule has 142 valence electrons. The van der Waals surface area contributed by atoms with E-state index in [-0.39, 0.29) is 19.2 Å². The minimum absolute atomic E-state index is 0.0608. The lowest BCUT2D eigenvalue weighted by Gasteiger charge is -2.19. The minimum Gasteiger partial charge on any atom is -0.327 e. The molecule has 2 amide bonds. The smallest absolute Gasteiger partial charge is 0.327 e. The second-order valence-electron chi connectivity index (χ2n) is 5.04. The number of nitrogens with zero attached hydrogens (tertiary/aromatic N) is 1. The van der Waals surface area contributed by atoms with Crippen molar-refractivity contribution in [3.63, 3.8) is 0 Å². The molecule has 0 heterocycles. The van der Waals surface area contributed by atoms with Gasteiger partial charge in [-0.05, 0) is 18.2 Å². The van der Waals surface area contributed by atoms with Crippen LogP contribution < -0.4 is 5.32 Å². The molecule has 1 aromatic carbocycles. The Balaban J connectivity index is 3.18. The molecular weight excluding hydrogens is 366 g/mol. The van der Waals surface area contributed by atoms with E-state index in [0.717, 1.165) is 4.90 Å². The van der Waals surface area contributed by atoms with Crippen molar-refractivity contribution in [2.24, 2.45) is 0 Å². The summed E-state index contributed by atoms with van der Waals surface area (Å²) in [7, 11) is 0. The molecule has 0 spiro atoms. The Morgan fingerprint density at radius 1 is 0.923 bits per heavy atom. The maximum Gasteiger partial charge on any atom is 0.416 e. The maximum absolute atomic E-state index is 12.8. The van der Waals surface area contributed by atoms with E-state index in [1.807, 2.05) is 0 Å². The molecule has 0 saturated carbocycles. The van der Waals surface area contributed by atoms with Crippen LogP contribution in [0.3, 0.4) is 0 Å². The summed E-state index contributed by atoms with van der Waals surface area (Å²) < 4.78 is 76.7. The number of amides is 2. The van der Waals surface area contributed by atoms with Gasteiger partial charge < -0.3 is 10.2 Å². The molecule has 10 heteroatoms. The predicted molar refractivity (Wildman–Crippen MR) is 82.0 cm³/mol. The van der Waals surface area contributed by atoms with Gasteiger partial charge in [0, 0.05) is 18.8 Å². The third-order valence-corrected chi connectivity index (χ3v) is 3.03. The van der Waals surface area contributed by atoms with Crippen LogP contribution in [0.1, 0.15) is 11.1 Å². The van der Waals surface area contributed by atoms with Gasteiger partial charge in [-0.15, -0.1) is 13.2 Å². The summed E-state index contributed by atoms with van der Waals surface area (Å²) in [6.07, 6.45) is -7.55. The predicted octanol–water partition coefficient (Wildman–Crippen LogP) is 3.86. The molecule has 1 aromatic rings. The monoisotopic (exact) mass is 380 g/mol. The van der Waals surface area contributed by atoms with Crippen LogP contribution in [0.25, 0.3) is 0 Å². The number of carbonyl (C=O) groups excluding carboxylic acids is 2. The SMILES string of the molecule is C=CCN(CC=C)C(=O)C(=O)Nc1cc(C(F)(F)F)cc(C(F)(F)F)c1. The van der Waals surface area contributed by atoms with E-state index in [1.54, 1.807) is 5.32 Å². The van der Waals surface area contributed by atoms with E-state index < -0.39 is 41.0 Å². The number of anilines is 1. The Kier molecular flexibility index (Phi) is 6.60. The molecule has 0 saturated heterocycles.